The van der Waals surface area contributed by atoms with Crippen LogP contribution in [-0.4, -0.2) is 36.4 Å². The lowest BCUT2D eigenvalue weighted by Crippen LogP contribution is -2.28. The lowest BCUT2D eigenvalue weighted by molar-refractivity contribution is 0.533. The van der Waals surface area contributed by atoms with Gasteiger partial charge in [0, 0.05) is 26.2 Å². The smallest absolute Gasteiger partial charge is 0.169 e. The van der Waals surface area contributed by atoms with Gasteiger partial charge in [0.15, 0.2) is 5.82 Å². The van der Waals surface area contributed by atoms with E-state index in [-0.39, 0.29) is 0 Å². The molecule has 2 aliphatic heterocycles. The number of anilines is 1. The second kappa shape index (κ2) is 5.37. The first kappa shape index (κ1) is 13.3. The quantitative estimate of drug-likeness (QED) is 0.892. The third-order valence-corrected chi connectivity index (χ3v) is 4.63. The van der Waals surface area contributed by atoms with Crippen molar-refractivity contribution >= 4 is 5.82 Å². The zero-order valence-corrected chi connectivity index (χ0v) is 12.2. The van der Waals surface area contributed by atoms with E-state index in [9.17, 15) is 5.26 Å². The predicted octanol–water partition coefficient (Wildman–Crippen LogP) is 1.13. The van der Waals surface area contributed by atoms with Gasteiger partial charge >= 0.3 is 0 Å². The van der Waals surface area contributed by atoms with E-state index in [1.165, 1.54) is 0 Å². The first-order valence-electron chi connectivity index (χ1n) is 7.52. The van der Waals surface area contributed by atoms with Crippen LogP contribution >= 0.6 is 0 Å². The second-order valence-corrected chi connectivity index (χ2v) is 5.73. The van der Waals surface area contributed by atoms with Crippen LogP contribution in [0.5, 0.6) is 0 Å². The molecule has 0 radical (unpaired) electrons. The van der Waals surface area contributed by atoms with Crippen LogP contribution in [0.15, 0.2) is 0 Å². The molecule has 0 bridgehead atoms. The van der Waals surface area contributed by atoms with E-state index in [0.717, 1.165) is 61.7 Å². The molecular formula is C15H21N5. The molecule has 3 heterocycles. The molecule has 2 saturated heterocycles. The van der Waals surface area contributed by atoms with Gasteiger partial charge in [-0.05, 0) is 30.2 Å². The summed E-state index contributed by atoms with van der Waals surface area (Å²) in [6.07, 6.45) is 1.68. The number of aryl methyl sites for hydroxylation is 1. The summed E-state index contributed by atoms with van der Waals surface area (Å²) in [5.41, 5.74) is 2.79. The van der Waals surface area contributed by atoms with Gasteiger partial charge in [-0.25, -0.2) is 0 Å². The van der Waals surface area contributed by atoms with Crippen LogP contribution in [0.2, 0.25) is 0 Å². The van der Waals surface area contributed by atoms with Gasteiger partial charge in [0.25, 0.3) is 0 Å². The molecule has 0 amide bonds. The minimum atomic E-state index is 0.694. The highest BCUT2D eigenvalue weighted by molar-refractivity contribution is 5.58. The summed E-state index contributed by atoms with van der Waals surface area (Å²) in [4.78, 5) is 2.26. The van der Waals surface area contributed by atoms with Gasteiger partial charge in [0.1, 0.15) is 11.6 Å². The predicted molar refractivity (Wildman–Crippen MR) is 77.6 cm³/mol. The number of rotatable bonds is 3. The van der Waals surface area contributed by atoms with Crippen molar-refractivity contribution in [3.8, 4) is 6.07 Å². The fourth-order valence-electron chi connectivity index (χ4n) is 3.53. The van der Waals surface area contributed by atoms with Gasteiger partial charge in [-0.2, -0.15) is 10.4 Å². The van der Waals surface area contributed by atoms with Crippen molar-refractivity contribution < 1.29 is 0 Å². The fourth-order valence-corrected chi connectivity index (χ4v) is 3.53. The molecule has 0 saturated carbocycles. The van der Waals surface area contributed by atoms with Crippen LogP contribution in [0, 0.1) is 23.2 Å². The van der Waals surface area contributed by atoms with E-state index >= 15 is 0 Å². The maximum atomic E-state index is 9.56. The van der Waals surface area contributed by atoms with Crippen molar-refractivity contribution in [3.63, 3.8) is 0 Å². The van der Waals surface area contributed by atoms with Gasteiger partial charge in [0.05, 0.1) is 5.69 Å². The maximum Gasteiger partial charge on any atom is 0.169 e. The summed E-state index contributed by atoms with van der Waals surface area (Å²) in [7, 11) is 0. The van der Waals surface area contributed by atoms with Crippen molar-refractivity contribution in [1.29, 1.82) is 5.26 Å². The summed E-state index contributed by atoms with van der Waals surface area (Å²) in [5.74, 6) is 2.19. The summed E-state index contributed by atoms with van der Waals surface area (Å²) < 4.78 is 0. The molecule has 3 rings (SSSR count). The lowest BCUT2D eigenvalue weighted by Gasteiger charge is -2.21. The van der Waals surface area contributed by atoms with Gasteiger partial charge in [-0.3, -0.25) is 0 Å². The van der Waals surface area contributed by atoms with Gasteiger partial charge < -0.3 is 10.2 Å². The largest absolute Gasteiger partial charge is 0.353 e. The topological polar surface area (TPSA) is 64.8 Å². The van der Waals surface area contributed by atoms with Gasteiger partial charge in [0.2, 0.25) is 0 Å². The summed E-state index contributed by atoms with van der Waals surface area (Å²) in [6, 6.07) is 2.37. The van der Waals surface area contributed by atoms with E-state index in [2.05, 4.69) is 40.3 Å². The number of nitrogens with zero attached hydrogens (tertiary/aromatic N) is 4. The summed E-state index contributed by atoms with van der Waals surface area (Å²) >= 11 is 0. The highest BCUT2D eigenvalue weighted by atomic mass is 15.3. The Hall–Kier alpha value is -1.67. The standard InChI is InChI=1S/C15H21N5/c1-3-12-13(5-16)15(19-18-14(12)4-2)20-8-10-6-17-7-11(10)9-20/h10-11,17H,3-4,6-9H2,1-2H3. The zero-order valence-electron chi connectivity index (χ0n) is 12.2. The molecule has 5 heteroatoms. The highest BCUT2D eigenvalue weighted by Crippen LogP contribution is 2.32. The zero-order chi connectivity index (χ0) is 14.1. The van der Waals surface area contributed by atoms with Gasteiger partial charge in [-0.1, -0.05) is 13.8 Å². The summed E-state index contributed by atoms with van der Waals surface area (Å²) in [6.45, 7) is 8.32. The Morgan fingerprint density at radius 1 is 1.20 bits per heavy atom. The first-order valence-corrected chi connectivity index (χ1v) is 7.52. The van der Waals surface area contributed by atoms with Crippen LogP contribution in [0.1, 0.15) is 30.7 Å². The Morgan fingerprint density at radius 2 is 1.90 bits per heavy atom. The number of fused-ring (bicyclic) bond motifs is 1. The Bertz CT molecular complexity index is 536. The first-order chi connectivity index (χ1) is 9.78. The molecule has 2 atom stereocenters. The molecule has 20 heavy (non-hydrogen) atoms. The van der Waals surface area contributed by atoms with E-state index in [0.29, 0.717) is 11.8 Å². The van der Waals surface area contributed by atoms with Crippen molar-refractivity contribution in [2.24, 2.45) is 11.8 Å². The molecule has 0 spiro atoms. The minimum Gasteiger partial charge on any atom is -0.353 e. The fraction of sp³-hybridized carbons (Fsp3) is 0.667. The van der Waals surface area contributed by atoms with Crippen LogP contribution < -0.4 is 10.2 Å². The maximum absolute atomic E-state index is 9.56. The Kier molecular flexibility index (Phi) is 3.58. The monoisotopic (exact) mass is 271 g/mol. The Labute approximate surface area is 120 Å². The van der Waals surface area contributed by atoms with Crippen molar-refractivity contribution in [2.75, 3.05) is 31.1 Å². The van der Waals surface area contributed by atoms with Crippen LogP contribution in [0.4, 0.5) is 5.82 Å². The Morgan fingerprint density at radius 3 is 2.45 bits per heavy atom. The van der Waals surface area contributed by atoms with E-state index in [4.69, 9.17) is 0 Å². The Balaban J connectivity index is 1.96. The average Bonchev–Trinajstić information content (AvgIpc) is 3.06. The molecule has 2 aliphatic rings. The number of nitrogens with one attached hydrogen (secondary N) is 1. The van der Waals surface area contributed by atoms with Crippen LogP contribution in [-0.2, 0) is 12.8 Å². The molecule has 1 aromatic heterocycles. The minimum absolute atomic E-state index is 0.694. The molecule has 2 fully saturated rings. The molecule has 0 aliphatic carbocycles. The van der Waals surface area contributed by atoms with E-state index in [1.54, 1.807) is 0 Å². The highest BCUT2D eigenvalue weighted by Gasteiger charge is 2.37. The van der Waals surface area contributed by atoms with Crippen molar-refractivity contribution in [1.82, 2.24) is 15.5 Å². The molecule has 1 N–H and O–H groups in total. The molecule has 1 aromatic rings. The SMILES string of the molecule is CCc1nnc(N2CC3CNCC3C2)c(C#N)c1CC. The van der Waals surface area contributed by atoms with Gasteiger partial charge in [-0.15, -0.1) is 5.10 Å². The van der Waals surface area contributed by atoms with Crippen LogP contribution in [0.3, 0.4) is 0 Å². The lowest BCUT2D eigenvalue weighted by atomic mass is 10.0. The normalized spacial score (nSPS) is 24.8. The molecule has 5 nitrogen and oxygen atoms in total. The van der Waals surface area contributed by atoms with E-state index in [1.807, 2.05) is 0 Å². The molecular weight excluding hydrogens is 250 g/mol. The third kappa shape index (κ3) is 2.04. The summed E-state index contributed by atoms with van der Waals surface area (Å²) in [5, 5.41) is 21.7. The van der Waals surface area contributed by atoms with Crippen molar-refractivity contribution in [3.05, 3.63) is 16.8 Å². The average molecular weight is 271 g/mol. The molecule has 2 unspecified atom stereocenters. The third-order valence-electron chi connectivity index (χ3n) is 4.63. The van der Waals surface area contributed by atoms with Crippen molar-refractivity contribution in [2.45, 2.75) is 26.7 Å². The number of hydrogen-bond donors (Lipinski definition) is 1. The molecule has 106 valence electrons. The number of hydrogen-bond acceptors (Lipinski definition) is 5. The van der Waals surface area contributed by atoms with E-state index < -0.39 is 0 Å². The number of nitriles is 1. The van der Waals surface area contributed by atoms with Crippen LogP contribution in [0.25, 0.3) is 0 Å². The number of aromatic nitrogens is 2. The second-order valence-electron chi connectivity index (χ2n) is 5.73. The molecule has 0 aromatic carbocycles.